The highest BCUT2D eigenvalue weighted by atomic mass is 32.2. The Hall–Kier alpha value is -1.99. The van der Waals surface area contributed by atoms with Crippen LogP contribution in [0.5, 0.6) is 0 Å². The van der Waals surface area contributed by atoms with E-state index >= 15 is 0 Å². The fraction of sp³-hybridized carbons (Fsp3) is 0.357. The molecule has 1 aliphatic rings. The van der Waals surface area contributed by atoms with Gasteiger partial charge < -0.3 is 9.16 Å². The second-order valence-electron chi connectivity index (χ2n) is 9.80. The average Bonchev–Trinajstić information content (AvgIpc) is 3.12. The molecule has 0 bridgehead atoms. The summed E-state index contributed by atoms with van der Waals surface area (Å²) in [5.41, 5.74) is 0.891. The molecule has 6 heteroatoms. The molecular formula is C28H32F2O2SSi. The smallest absolute Gasteiger partial charge is 0.283 e. The van der Waals surface area contributed by atoms with Crippen LogP contribution in [-0.4, -0.2) is 38.0 Å². The third-order valence-corrected chi connectivity index (χ3v) is 12.8. The lowest BCUT2D eigenvalue weighted by molar-refractivity contribution is -0.123. The zero-order chi connectivity index (χ0) is 24.2. The van der Waals surface area contributed by atoms with Crippen molar-refractivity contribution in [2.45, 2.75) is 49.7 Å². The van der Waals surface area contributed by atoms with Crippen LogP contribution in [0.3, 0.4) is 0 Å². The van der Waals surface area contributed by atoms with Crippen molar-refractivity contribution in [2.75, 3.05) is 12.4 Å². The van der Waals surface area contributed by atoms with Crippen LogP contribution in [0.1, 0.15) is 26.3 Å². The summed E-state index contributed by atoms with van der Waals surface area (Å²) in [6.45, 7) is 6.96. The van der Waals surface area contributed by atoms with Gasteiger partial charge in [-0.15, -0.1) is 11.8 Å². The summed E-state index contributed by atoms with van der Waals surface area (Å²) < 4.78 is 42.5. The van der Waals surface area contributed by atoms with Crippen LogP contribution in [-0.2, 0) is 15.8 Å². The number of rotatable bonds is 8. The van der Waals surface area contributed by atoms with E-state index in [0.717, 1.165) is 15.9 Å². The monoisotopic (exact) mass is 498 g/mol. The maximum absolute atomic E-state index is 14.9. The Labute approximate surface area is 206 Å². The fourth-order valence-corrected chi connectivity index (χ4v) is 10.7. The van der Waals surface area contributed by atoms with Gasteiger partial charge in [-0.1, -0.05) is 112 Å². The summed E-state index contributed by atoms with van der Waals surface area (Å²) >= 11 is 1.26. The second-order valence-corrected chi connectivity index (χ2v) is 15.3. The Morgan fingerprint density at radius 1 is 0.853 bits per heavy atom. The van der Waals surface area contributed by atoms with Crippen LogP contribution in [0.2, 0.25) is 5.04 Å². The van der Waals surface area contributed by atoms with E-state index in [1.165, 1.54) is 11.8 Å². The molecule has 4 rings (SSSR count). The third-order valence-electron chi connectivity index (χ3n) is 6.40. The molecule has 2 nitrogen and oxygen atoms in total. The first kappa shape index (κ1) is 25.1. The Bertz CT molecular complexity index is 1000. The SMILES string of the molecule is CC(C)(C)[Si](OC[C@H]1SCC(F)(F)[C@@H]1OCc1ccccc1)(c1ccccc1)c1ccccc1. The summed E-state index contributed by atoms with van der Waals surface area (Å²) in [4.78, 5) is 0. The summed E-state index contributed by atoms with van der Waals surface area (Å²) in [6, 6.07) is 30.1. The van der Waals surface area contributed by atoms with Crippen LogP contribution < -0.4 is 10.4 Å². The third kappa shape index (κ3) is 5.15. The number of hydrogen-bond donors (Lipinski definition) is 0. The van der Waals surface area contributed by atoms with Crippen LogP contribution in [0.25, 0.3) is 0 Å². The van der Waals surface area contributed by atoms with Crippen LogP contribution >= 0.6 is 11.8 Å². The minimum absolute atomic E-state index is 0.164. The van der Waals surface area contributed by atoms with Crippen LogP contribution in [0, 0.1) is 0 Å². The molecule has 0 aliphatic carbocycles. The van der Waals surface area contributed by atoms with Crippen molar-refractivity contribution in [1.29, 1.82) is 0 Å². The first-order chi connectivity index (χ1) is 16.2. The predicted molar refractivity (Wildman–Crippen MR) is 140 cm³/mol. The van der Waals surface area contributed by atoms with E-state index in [2.05, 4.69) is 45.0 Å². The molecule has 0 amide bonds. The largest absolute Gasteiger partial charge is 0.406 e. The van der Waals surface area contributed by atoms with Gasteiger partial charge in [-0.2, -0.15) is 0 Å². The molecule has 0 saturated carbocycles. The number of halogens is 2. The molecule has 0 spiro atoms. The number of alkyl halides is 2. The zero-order valence-corrected chi connectivity index (χ0v) is 21.7. The summed E-state index contributed by atoms with van der Waals surface area (Å²) in [7, 11) is -2.79. The number of benzene rings is 3. The molecule has 34 heavy (non-hydrogen) atoms. The van der Waals surface area contributed by atoms with Gasteiger partial charge in [-0.25, -0.2) is 8.78 Å². The summed E-state index contributed by atoms with van der Waals surface area (Å²) in [6.07, 6.45) is -1.18. The molecule has 0 aromatic heterocycles. The molecule has 0 N–H and O–H groups in total. The minimum atomic E-state index is -2.89. The van der Waals surface area contributed by atoms with E-state index in [0.29, 0.717) is 0 Å². The van der Waals surface area contributed by atoms with Gasteiger partial charge in [0, 0.05) is 6.61 Å². The summed E-state index contributed by atoms with van der Waals surface area (Å²) in [5.74, 6) is -3.14. The molecule has 1 aliphatic heterocycles. The maximum atomic E-state index is 14.9. The van der Waals surface area contributed by atoms with Crippen molar-refractivity contribution >= 4 is 30.5 Å². The number of hydrogen-bond acceptors (Lipinski definition) is 3. The lowest BCUT2D eigenvalue weighted by atomic mass is 10.1. The molecule has 1 fully saturated rings. The highest BCUT2D eigenvalue weighted by molar-refractivity contribution is 8.00. The van der Waals surface area contributed by atoms with Crippen molar-refractivity contribution in [3.05, 3.63) is 96.6 Å². The normalized spacial score (nSPS) is 20.4. The van der Waals surface area contributed by atoms with Gasteiger partial charge in [0.1, 0.15) is 6.10 Å². The van der Waals surface area contributed by atoms with Crippen LogP contribution in [0.15, 0.2) is 91.0 Å². The molecule has 3 aromatic rings. The van der Waals surface area contributed by atoms with Crippen molar-refractivity contribution in [1.82, 2.24) is 0 Å². The lowest BCUT2D eigenvalue weighted by Crippen LogP contribution is -2.67. The van der Waals surface area contributed by atoms with E-state index in [9.17, 15) is 8.78 Å². The van der Waals surface area contributed by atoms with Crippen molar-refractivity contribution in [3.63, 3.8) is 0 Å². The average molecular weight is 499 g/mol. The van der Waals surface area contributed by atoms with E-state index in [-0.39, 0.29) is 24.0 Å². The first-order valence-electron chi connectivity index (χ1n) is 11.6. The van der Waals surface area contributed by atoms with Crippen molar-refractivity contribution in [2.24, 2.45) is 0 Å². The molecule has 0 unspecified atom stereocenters. The minimum Gasteiger partial charge on any atom is -0.406 e. The van der Waals surface area contributed by atoms with Crippen molar-refractivity contribution < 1.29 is 17.9 Å². The Morgan fingerprint density at radius 3 is 1.85 bits per heavy atom. The highest BCUT2D eigenvalue weighted by Crippen LogP contribution is 2.43. The topological polar surface area (TPSA) is 18.5 Å². The zero-order valence-electron chi connectivity index (χ0n) is 19.9. The quantitative estimate of drug-likeness (QED) is 0.360. The number of ether oxygens (including phenoxy) is 1. The fourth-order valence-electron chi connectivity index (χ4n) is 4.75. The van der Waals surface area contributed by atoms with Crippen molar-refractivity contribution in [3.8, 4) is 0 Å². The lowest BCUT2D eigenvalue weighted by Gasteiger charge is -2.43. The van der Waals surface area contributed by atoms with Crippen LogP contribution in [0.4, 0.5) is 8.78 Å². The van der Waals surface area contributed by atoms with E-state index in [4.69, 9.17) is 9.16 Å². The van der Waals surface area contributed by atoms with Gasteiger partial charge in [0.15, 0.2) is 0 Å². The Balaban J connectivity index is 1.63. The molecule has 3 aromatic carbocycles. The molecule has 0 radical (unpaired) electrons. The standard InChI is InChI=1S/C28H32F2O2SSi/c1-27(2,3)34(23-15-9-5-10-16-23,24-17-11-6-12-18-24)32-20-25-26(28(29,30)21-33-25)31-19-22-13-7-4-8-14-22/h4-18,25-26H,19-21H2,1-3H3/t25-,26-/m1/s1. The Morgan fingerprint density at radius 2 is 1.35 bits per heavy atom. The second kappa shape index (κ2) is 10.3. The van der Waals surface area contributed by atoms with E-state index in [1.807, 2.05) is 66.7 Å². The van der Waals surface area contributed by atoms with Gasteiger partial charge in [0.25, 0.3) is 14.2 Å². The molecule has 180 valence electrons. The predicted octanol–water partition coefficient (Wildman–Crippen LogP) is 5.90. The molecule has 1 saturated heterocycles. The first-order valence-corrected chi connectivity index (χ1v) is 14.6. The molecular weight excluding hydrogens is 466 g/mol. The van der Waals surface area contributed by atoms with Gasteiger partial charge in [-0.3, -0.25) is 0 Å². The molecule has 1 heterocycles. The summed E-state index contributed by atoms with van der Waals surface area (Å²) in [5, 5.41) is 1.64. The van der Waals surface area contributed by atoms with E-state index in [1.54, 1.807) is 0 Å². The van der Waals surface area contributed by atoms with Gasteiger partial charge in [0.2, 0.25) is 0 Å². The van der Waals surface area contributed by atoms with Gasteiger partial charge in [-0.05, 0) is 21.0 Å². The Kier molecular flexibility index (Phi) is 7.62. The number of thioether (sulfide) groups is 1. The van der Waals surface area contributed by atoms with Gasteiger partial charge in [0.05, 0.1) is 17.6 Å². The highest BCUT2D eigenvalue weighted by Gasteiger charge is 2.55. The molecule has 2 atom stereocenters. The van der Waals surface area contributed by atoms with E-state index < -0.39 is 25.6 Å². The van der Waals surface area contributed by atoms with Gasteiger partial charge >= 0.3 is 0 Å². The maximum Gasteiger partial charge on any atom is 0.283 e.